The Kier molecular flexibility index (Phi) is 7.47. The second-order valence-electron chi connectivity index (χ2n) is 8.53. The van der Waals surface area contributed by atoms with E-state index in [0.29, 0.717) is 11.3 Å². The number of hydrogen-bond donors (Lipinski definition) is 1. The van der Waals surface area contributed by atoms with Gasteiger partial charge in [0.1, 0.15) is 16.5 Å². The topological polar surface area (TPSA) is 85.3 Å². The van der Waals surface area contributed by atoms with Crippen LogP contribution in [-0.4, -0.2) is 49.1 Å². The molecule has 2 aromatic rings. The van der Waals surface area contributed by atoms with Crippen molar-refractivity contribution in [2.75, 3.05) is 21.3 Å². The van der Waals surface area contributed by atoms with E-state index in [-0.39, 0.29) is 38.7 Å². The summed E-state index contributed by atoms with van der Waals surface area (Å²) in [5, 5.41) is 11.7. The van der Waals surface area contributed by atoms with Crippen molar-refractivity contribution >= 4 is 40.7 Å². The number of halogens is 2. The van der Waals surface area contributed by atoms with E-state index in [4.69, 9.17) is 37.4 Å². The van der Waals surface area contributed by atoms with Gasteiger partial charge in [0, 0.05) is 11.6 Å². The van der Waals surface area contributed by atoms with Crippen LogP contribution in [0.25, 0.3) is 5.76 Å². The molecule has 2 fully saturated rings. The zero-order valence-corrected chi connectivity index (χ0v) is 21.3. The summed E-state index contributed by atoms with van der Waals surface area (Å²) in [5.74, 6) is -1.11. The van der Waals surface area contributed by atoms with Gasteiger partial charge in [-0.05, 0) is 25.0 Å². The number of carbonyl (C=O) groups is 2. The summed E-state index contributed by atoms with van der Waals surface area (Å²) in [6, 6.07) is 7.60. The first-order valence-electron chi connectivity index (χ1n) is 11.4. The number of Topliss-reactive ketones (excluding diaryl/α,β-unsaturated/α-hetero) is 1. The van der Waals surface area contributed by atoms with Gasteiger partial charge in [-0.25, -0.2) is 0 Å². The molecule has 1 heterocycles. The molecule has 2 aromatic carbocycles. The van der Waals surface area contributed by atoms with E-state index in [9.17, 15) is 14.7 Å². The van der Waals surface area contributed by atoms with Crippen LogP contribution in [0, 0.1) is 0 Å². The molecule has 35 heavy (non-hydrogen) atoms. The minimum Gasteiger partial charge on any atom is -0.507 e. The Morgan fingerprint density at radius 1 is 0.971 bits per heavy atom. The van der Waals surface area contributed by atoms with E-state index in [1.165, 1.54) is 27.4 Å². The quantitative estimate of drug-likeness (QED) is 0.296. The van der Waals surface area contributed by atoms with E-state index in [1.807, 2.05) is 0 Å². The van der Waals surface area contributed by atoms with Crippen molar-refractivity contribution < 1.29 is 28.9 Å². The second-order valence-corrected chi connectivity index (χ2v) is 9.31. The Bertz CT molecular complexity index is 1190. The van der Waals surface area contributed by atoms with Gasteiger partial charge < -0.3 is 24.2 Å². The molecule has 1 atom stereocenters. The molecule has 1 aliphatic heterocycles. The molecule has 2 aliphatic rings. The van der Waals surface area contributed by atoms with E-state index >= 15 is 0 Å². The van der Waals surface area contributed by atoms with Gasteiger partial charge in [-0.1, -0.05) is 60.7 Å². The van der Waals surface area contributed by atoms with Crippen LogP contribution in [0.2, 0.25) is 10.0 Å². The number of aliphatic hydroxyl groups is 1. The van der Waals surface area contributed by atoms with Crippen LogP contribution in [0.4, 0.5) is 0 Å². The number of aliphatic hydroxyl groups excluding tert-OH is 1. The number of likely N-dealkylation sites (tertiary alicyclic amines) is 1. The molecule has 0 aromatic heterocycles. The number of ketones is 1. The highest BCUT2D eigenvalue weighted by Gasteiger charge is 2.50. The summed E-state index contributed by atoms with van der Waals surface area (Å²) in [7, 11) is 4.31. The Hall–Kier alpha value is -2.90. The molecule has 1 saturated heterocycles. The lowest BCUT2D eigenvalue weighted by atomic mass is 9.90. The summed E-state index contributed by atoms with van der Waals surface area (Å²) in [5.41, 5.74) is 0.622. The Balaban J connectivity index is 1.99. The van der Waals surface area contributed by atoms with Crippen LogP contribution in [-0.2, 0) is 9.59 Å². The Morgan fingerprint density at radius 3 is 2.26 bits per heavy atom. The van der Waals surface area contributed by atoms with E-state index in [0.717, 1.165) is 32.1 Å². The van der Waals surface area contributed by atoms with Crippen molar-refractivity contribution in [2.24, 2.45) is 0 Å². The predicted octanol–water partition coefficient (Wildman–Crippen LogP) is 5.77. The molecule has 1 saturated carbocycles. The fourth-order valence-corrected chi connectivity index (χ4v) is 5.76. The number of methoxy groups -OCH3 is 3. The van der Waals surface area contributed by atoms with Crippen molar-refractivity contribution in [1.82, 2.24) is 4.90 Å². The lowest BCUT2D eigenvalue weighted by molar-refractivity contribution is -0.141. The first kappa shape index (κ1) is 25.2. The SMILES string of the molecule is COc1ccccc1C1/C(=C(\O)c2cc(Cl)c(OC)c(Cl)c2OC)C(=O)C(=O)N1C1CCCCC1. The fraction of sp³-hybridized carbons (Fsp3) is 0.385. The number of amides is 1. The molecule has 1 unspecified atom stereocenters. The van der Waals surface area contributed by atoms with E-state index in [1.54, 1.807) is 29.2 Å². The summed E-state index contributed by atoms with van der Waals surface area (Å²) in [6.45, 7) is 0. The van der Waals surface area contributed by atoms with Crippen molar-refractivity contribution in [3.05, 3.63) is 57.1 Å². The van der Waals surface area contributed by atoms with Gasteiger partial charge >= 0.3 is 0 Å². The molecule has 1 N–H and O–H groups in total. The normalized spacial score (nSPS) is 20.3. The molecule has 1 amide bonds. The lowest BCUT2D eigenvalue weighted by Crippen LogP contribution is -2.40. The average Bonchev–Trinajstić information content (AvgIpc) is 3.14. The first-order valence-corrected chi connectivity index (χ1v) is 12.1. The van der Waals surface area contributed by atoms with Crippen LogP contribution in [0.5, 0.6) is 17.2 Å². The number of benzene rings is 2. The fourth-order valence-electron chi connectivity index (χ4n) is 5.08. The zero-order valence-electron chi connectivity index (χ0n) is 19.8. The van der Waals surface area contributed by atoms with Gasteiger partial charge in [0.15, 0.2) is 11.5 Å². The minimum absolute atomic E-state index is 0.0411. The predicted molar refractivity (Wildman–Crippen MR) is 134 cm³/mol. The van der Waals surface area contributed by atoms with Gasteiger partial charge in [0.05, 0.1) is 43.5 Å². The van der Waals surface area contributed by atoms with Crippen molar-refractivity contribution in [3.8, 4) is 17.2 Å². The maximum Gasteiger partial charge on any atom is 0.295 e. The summed E-state index contributed by atoms with van der Waals surface area (Å²) in [6.07, 6.45) is 4.57. The minimum atomic E-state index is -0.849. The van der Waals surface area contributed by atoms with Crippen molar-refractivity contribution in [1.29, 1.82) is 0 Å². The molecular formula is C26H27Cl2NO6. The smallest absolute Gasteiger partial charge is 0.295 e. The molecule has 4 rings (SSSR count). The van der Waals surface area contributed by atoms with Crippen LogP contribution in [0.15, 0.2) is 35.9 Å². The third-order valence-electron chi connectivity index (χ3n) is 6.68. The number of hydrogen-bond acceptors (Lipinski definition) is 6. The number of rotatable bonds is 6. The Labute approximate surface area is 214 Å². The zero-order chi connectivity index (χ0) is 25.3. The maximum atomic E-state index is 13.5. The first-order chi connectivity index (χ1) is 16.8. The number of carbonyl (C=O) groups excluding carboxylic acids is 2. The van der Waals surface area contributed by atoms with Crippen LogP contribution >= 0.6 is 23.2 Å². The van der Waals surface area contributed by atoms with Gasteiger partial charge in [-0.15, -0.1) is 0 Å². The molecule has 0 radical (unpaired) electrons. The van der Waals surface area contributed by atoms with E-state index < -0.39 is 23.5 Å². The van der Waals surface area contributed by atoms with Crippen molar-refractivity contribution in [2.45, 2.75) is 44.2 Å². The second kappa shape index (κ2) is 10.4. The highest BCUT2D eigenvalue weighted by atomic mass is 35.5. The largest absolute Gasteiger partial charge is 0.507 e. The van der Waals surface area contributed by atoms with Crippen LogP contribution < -0.4 is 14.2 Å². The van der Waals surface area contributed by atoms with Crippen LogP contribution in [0.3, 0.4) is 0 Å². The van der Waals surface area contributed by atoms with E-state index in [2.05, 4.69) is 0 Å². The molecule has 7 nitrogen and oxygen atoms in total. The number of ether oxygens (including phenoxy) is 3. The summed E-state index contributed by atoms with van der Waals surface area (Å²) < 4.78 is 16.3. The third kappa shape index (κ3) is 4.32. The Morgan fingerprint density at radius 2 is 1.63 bits per heavy atom. The highest BCUT2D eigenvalue weighted by molar-refractivity contribution is 6.47. The molecule has 0 bridgehead atoms. The monoisotopic (exact) mass is 519 g/mol. The lowest BCUT2D eigenvalue weighted by Gasteiger charge is -2.35. The molecule has 186 valence electrons. The number of para-hydroxylation sites is 1. The molecule has 9 heteroatoms. The molecule has 1 aliphatic carbocycles. The van der Waals surface area contributed by atoms with Gasteiger partial charge in [0.2, 0.25) is 0 Å². The summed E-state index contributed by atoms with van der Waals surface area (Å²) >= 11 is 12.8. The highest BCUT2D eigenvalue weighted by Crippen LogP contribution is 2.49. The molecular weight excluding hydrogens is 493 g/mol. The standard InChI is InChI=1S/C26H27Cl2NO6/c1-33-18-12-8-7-11-15(18)21-19(23(31)26(32)29(21)14-9-5-4-6-10-14)22(30)16-13-17(27)25(35-3)20(28)24(16)34-2/h7-8,11-14,21,30H,4-6,9-10H2,1-3H3/b22-19+. The average molecular weight is 520 g/mol. The van der Waals surface area contributed by atoms with Gasteiger partial charge in [-0.3, -0.25) is 9.59 Å². The summed E-state index contributed by atoms with van der Waals surface area (Å²) in [4.78, 5) is 28.5. The maximum absolute atomic E-state index is 13.5. The van der Waals surface area contributed by atoms with Gasteiger partial charge in [-0.2, -0.15) is 0 Å². The third-order valence-corrected chi connectivity index (χ3v) is 7.30. The van der Waals surface area contributed by atoms with Crippen LogP contribution in [0.1, 0.15) is 49.3 Å². The number of nitrogens with zero attached hydrogens (tertiary/aromatic N) is 1. The van der Waals surface area contributed by atoms with Gasteiger partial charge in [0.25, 0.3) is 11.7 Å². The van der Waals surface area contributed by atoms with Crippen molar-refractivity contribution in [3.63, 3.8) is 0 Å². The molecule has 0 spiro atoms.